The Hall–Kier alpha value is -3.40. The van der Waals surface area contributed by atoms with Gasteiger partial charge in [0.2, 0.25) is 5.89 Å². The van der Waals surface area contributed by atoms with Crippen LogP contribution >= 0.6 is 11.3 Å². The maximum Gasteiger partial charge on any atom is 0.408 e. The van der Waals surface area contributed by atoms with E-state index in [1.54, 1.807) is 13.8 Å². The second-order valence-electron chi connectivity index (χ2n) is 7.24. The van der Waals surface area contributed by atoms with Crippen molar-refractivity contribution < 1.29 is 18.7 Å². The van der Waals surface area contributed by atoms with Crippen molar-refractivity contribution in [1.29, 1.82) is 0 Å². The zero-order valence-corrected chi connectivity index (χ0v) is 19.0. The molecule has 170 valence electrons. The number of aryl methyl sites for hydroxylation is 1. The van der Waals surface area contributed by atoms with Crippen LogP contribution in [0, 0.1) is 6.92 Å². The summed E-state index contributed by atoms with van der Waals surface area (Å²) in [6.07, 6.45) is 1.20. The SMILES string of the molecule is CCCCNC(=O)Nc1sc2nc(C(C)NC(=O)OCc3ccccc3)oc(=O)c2c1C. The average molecular weight is 459 g/mol. The number of thiophene rings is 1. The Morgan fingerprint density at radius 2 is 2.00 bits per heavy atom. The van der Waals surface area contributed by atoms with Crippen LogP contribution < -0.4 is 21.6 Å². The normalized spacial score (nSPS) is 11.7. The van der Waals surface area contributed by atoms with Crippen molar-refractivity contribution in [1.82, 2.24) is 15.6 Å². The summed E-state index contributed by atoms with van der Waals surface area (Å²) >= 11 is 1.18. The van der Waals surface area contributed by atoms with Crippen LogP contribution in [0.4, 0.5) is 14.6 Å². The zero-order chi connectivity index (χ0) is 23.1. The number of unbranched alkanes of at least 4 members (excludes halogenated alkanes) is 1. The first-order valence-electron chi connectivity index (χ1n) is 10.3. The molecule has 0 fully saturated rings. The van der Waals surface area contributed by atoms with Gasteiger partial charge in [-0.25, -0.2) is 19.4 Å². The van der Waals surface area contributed by atoms with Gasteiger partial charge in [0.25, 0.3) is 0 Å². The van der Waals surface area contributed by atoms with Crippen LogP contribution in [0.1, 0.15) is 49.7 Å². The van der Waals surface area contributed by atoms with E-state index >= 15 is 0 Å². The van der Waals surface area contributed by atoms with Gasteiger partial charge in [-0.1, -0.05) is 55.0 Å². The monoisotopic (exact) mass is 458 g/mol. The van der Waals surface area contributed by atoms with Gasteiger partial charge in [0.15, 0.2) is 0 Å². The molecule has 0 bridgehead atoms. The fourth-order valence-corrected chi connectivity index (χ4v) is 3.99. The zero-order valence-electron chi connectivity index (χ0n) is 18.2. The number of alkyl carbamates (subject to hydrolysis) is 1. The number of carbonyl (C=O) groups excluding carboxylic acids is 2. The maximum atomic E-state index is 12.6. The van der Waals surface area contributed by atoms with Gasteiger partial charge in [0, 0.05) is 12.1 Å². The van der Waals surface area contributed by atoms with Crippen molar-refractivity contribution in [3.05, 3.63) is 57.8 Å². The smallest absolute Gasteiger partial charge is 0.408 e. The second-order valence-corrected chi connectivity index (χ2v) is 8.24. The third kappa shape index (κ3) is 5.85. The largest absolute Gasteiger partial charge is 0.445 e. The fraction of sp³-hybridized carbons (Fsp3) is 0.364. The Labute approximate surface area is 189 Å². The highest BCUT2D eigenvalue weighted by molar-refractivity contribution is 7.22. The third-order valence-corrected chi connectivity index (χ3v) is 5.80. The van der Waals surface area contributed by atoms with Gasteiger partial charge in [-0.05, 0) is 25.8 Å². The minimum absolute atomic E-state index is 0.0550. The fourth-order valence-electron chi connectivity index (χ4n) is 2.92. The van der Waals surface area contributed by atoms with Gasteiger partial charge >= 0.3 is 17.7 Å². The van der Waals surface area contributed by atoms with E-state index in [2.05, 4.69) is 20.9 Å². The highest BCUT2D eigenvalue weighted by Crippen LogP contribution is 2.32. The molecule has 1 unspecified atom stereocenters. The molecule has 0 saturated heterocycles. The van der Waals surface area contributed by atoms with Crippen molar-refractivity contribution in [2.45, 2.75) is 46.3 Å². The molecule has 0 aliphatic carbocycles. The van der Waals surface area contributed by atoms with Crippen molar-refractivity contribution in [2.24, 2.45) is 0 Å². The first kappa shape index (κ1) is 23.3. The summed E-state index contributed by atoms with van der Waals surface area (Å²) in [6.45, 7) is 6.09. The number of hydrogen-bond donors (Lipinski definition) is 3. The molecule has 2 heterocycles. The summed E-state index contributed by atoms with van der Waals surface area (Å²) in [5.74, 6) is 0.0550. The third-order valence-electron chi connectivity index (χ3n) is 4.70. The lowest BCUT2D eigenvalue weighted by Crippen LogP contribution is -2.29. The predicted molar refractivity (Wildman–Crippen MR) is 123 cm³/mol. The van der Waals surface area contributed by atoms with E-state index < -0.39 is 17.8 Å². The summed E-state index contributed by atoms with van der Waals surface area (Å²) in [6, 6.07) is 8.25. The van der Waals surface area contributed by atoms with Crippen LogP contribution in [0.25, 0.3) is 10.2 Å². The average Bonchev–Trinajstić information content (AvgIpc) is 3.08. The van der Waals surface area contributed by atoms with Crippen LogP contribution in [-0.2, 0) is 11.3 Å². The number of ether oxygens (including phenoxy) is 1. The standard InChI is InChI=1S/C22H26N4O5S/c1-4-5-11-23-21(28)26-18-13(2)16-19(32-18)25-17(31-20(16)27)14(3)24-22(29)30-12-15-9-7-6-8-10-15/h6-10,14H,4-5,11-12H2,1-3H3,(H,24,29)(H2,23,26,28). The Morgan fingerprint density at radius 1 is 1.25 bits per heavy atom. The van der Waals surface area contributed by atoms with E-state index in [0.717, 1.165) is 18.4 Å². The van der Waals surface area contributed by atoms with Gasteiger partial charge in [0.05, 0.1) is 0 Å². The molecule has 3 amide bonds. The number of fused-ring (bicyclic) bond motifs is 1. The molecule has 0 aliphatic rings. The number of rotatable bonds is 8. The van der Waals surface area contributed by atoms with Gasteiger partial charge < -0.3 is 19.8 Å². The molecule has 3 rings (SSSR count). The lowest BCUT2D eigenvalue weighted by Gasteiger charge is -2.12. The molecule has 0 saturated carbocycles. The number of anilines is 1. The minimum atomic E-state index is -0.688. The molecule has 9 nitrogen and oxygen atoms in total. The molecule has 3 N–H and O–H groups in total. The van der Waals surface area contributed by atoms with Crippen LogP contribution in [0.2, 0.25) is 0 Å². The Kier molecular flexibility index (Phi) is 7.82. The van der Waals surface area contributed by atoms with Crippen molar-refractivity contribution in [3.8, 4) is 0 Å². The number of carbonyl (C=O) groups is 2. The molecule has 3 aromatic rings. The molecule has 0 radical (unpaired) electrons. The lowest BCUT2D eigenvalue weighted by atomic mass is 10.2. The van der Waals surface area contributed by atoms with Crippen molar-refractivity contribution in [2.75, 3.05) is 11.9 Å². The quantitative estimate of drug-likeness (QED) is 0.428. The van der Waals surface area contributed by atoms with E-state index in [1.807, 2.05) is 37.3 Å². The molecular weight excluding hydrogens is 432 g/mol. The van der Waals surface area contributed by atoms with Crippen molar-refractivity contribution >= 4 is 38.7 Å². The molecule has 1 aromatic carbocycles. The summed E-state index contributed by atoms with van der Waals surface area (Å²) in [5, 5.41) is 8.96. The second kappa shape index (κ2) is 10.8. The van der Waals surface area contributed by atoms with Crippen LogP contribution in [0.5, 0.6) is 0 Å². The minimum Gasteiger partial charge on any atom is -0.445 e. The number of nitrogens with one attached hydrogen (secondary N) is 3. The predicted octanol–water partition coefficient (Wildman–Crippen LogP) is 4.47. The van der Waals surface area contributed by atoms with E-state index in [0.29, 0.717) is 27.3 Å². The molecule has 0 spiro atoms. The van der Waals surface area contributed by atoms with Gasteiger partial charge in [0.1, 0.15) is 27.9 Å². The van der Waals surface area contributed by atoms with Crippen LogP contribution in [-0.4, -0.2) is 23.7 Å². The summed E-state index contributed by atoms with van der Waals surface area (Å²) in [7, 11) is 0. The van der Waals surface area contributed by atoms with Gasteiger partial charge in [-0.3, -0.25) is 5.32 Å². The highest BCUT2D eigenvalue weighted by Gasteiger charge is 2.21. The molecule has 0 aliphatic heterocycles. The maximum absolute atomic E-state index is 12.6. The first-order valence-corrected chi connectivity index (χ1v) is 11.2. The van der Waals surface area contributed by atoms with Crippen LogP contribution in [0.3, 0.4) is 0 Å². The summed E-state index contributed by atoms with van der Waals surface area (Å²) in [5.41, 5.74) is 0.866. The molecule has 32 heavy (non-hydrogen) atoms. The van der Waals surface area contributed by atoms with Crippen molar-refractivity contribution in [3.63, 3.8) is 0 Å². The van der Waals surface area contributed by atoms with E-state index in [1.165, 1.54) is 11.3 Å². The number of urea groups is 1. The molecule has 1 atom stereocenters. The molecule has 10 heteroatoms. The van der Waals surface area contributed by atoms with Crippen LogP contribution in [0.15, 0.2) is 39.5 Å². The van der Waals surface area contributed by atoms with E-state index in [9.17, 15) is 14.4 Å². The Bertz CT molecular complexity index is 1140. The first-order chi connectivity index (χ1) is 15.4. The number of aromatic nitrogens is 1. The van der Waals surface area contributed by atoms with Gasteiger partial charge in [-0.15, -0.1) is 0 Å². The summed E-state index contributed by atoms with van der Waals surface area (Å²) < 4.78 is 10.5. The number of benzene rings is 1. The van der Waals surface area contributed by atoms with E-state index in [4.69, 9.17) is 9.15 Å². The summed E-state index contributed by atoms with van der Waals surface area (Å²) in [4.78, 5) is 41.5. The number of nitrogens with zero attached hydrogens (tertiary/aromatic N) is 1. The molecular formula is C22H26N4O5S. The highest BCUT2D eigenvalue weighted by atomic mass is 32.1. The van der Waals surface area contributed by atoms with Gasteiger partial charge in [-0.2, -0.15) is 0 Å². The number of amides is 3. The topological polar surface area (TPSA) is 123 Å². The Morgan fingerprint density at radius 3 is 2.72 bits per heavy atom. The van der Waals surface area contributed by atoms with E-state index in [-0.39, 0.29) is 18.5 Å². The molecule has 2 aromatic heterocycles. The Balaban J connectivity index is 1.68. The lowest BCUT2D eigenvalue weighted by molar-refractivity contribution is 0.134. The number of hydrogen-bond acceptors (Lipinski definition) is 7.